The van der Waals surface area contributed by atoms with Crippen molar-refractivity contribution in [3.8, 4) is 0 Å². The summed E-state index contributed by atoms with van der Waals surface area (Å²) in [4.78, 5) is 28.0. The van der Waals surface area contributed by atoms with Gasteiger partial charge in [-0.2, -0.15) is 0 Å². The average molecular weight is 246 g/mol. The highest BCUT2D eigenvalue weighted by Crippen LogP contribution is 2.06. The monoisotopic (exact) mass is 246 g/mol. The highest BCUT2D eigenvalue weighted by Gasteiger charge is 2.26. The Hall–Kier alpha value is -1.30. The van der Waals surface area contributed by atoms with Crippen LogP contribution in [-0.4, -0.2) is 42.9 Å². The number of alkyl carbamates (subject to hydrolysis) is 1. The third-order valence-corrected chi connectivity index (χ3v) is 1.96. The van der Waals surface area contributed by atoms with E-state index in [1.54, 1.807) is 6.92 Å². The molecule has 0 saturated heterocycles. The normalized spacial score (nSPS) is 12.8. The summed E-state index contributed by atoms with van der Waals surface area (Å²) in [7, 11) is 2.84. The van der Waals surface area contributed by atoms with Crippen molar-refractivity contribution >= 4 is 12.0 Å². The zero-order valence-electron chi connectivity index (χ0n) is 11.4. The van der Waals surface area contributed by atoms with Gasteiger partial charge in [0.05, 0.1) is 7.11 Å². The molecule has 0 unspecified atom stereocenters. The molecule has 0 bridgehead atoms. The molecule has 0 spiro atoms. The van der Waals surface area contributed by atoms with E-state index in [9.17, 15) is 9.59 Å². The molecule has 0 aromatic heterocycles. The number of rotatable bonds is 4. The van der Waals surface area contributed by atoms with Gasteiger partial charge >= 0.3 is 6.09 Å². The van der Waals surface area contributed by atoms with Crippen molar-refractivity contribution in [2.45, 2.75) is 45.8 Å². The fourth-order valence-corrected chi connectivity index (χ4v) is 1.07. The van der Waals surface area contributed by atoms with Gasteiger partial charge < -0.3 is 10.1 Å². The van der Waals surface area contributed by atoms with Crippen LogP contribution in [0.25, 0.3) is 0 Å². The van der Waals surface area contributed by atoms with Crippen molar-refractivity contribution in [2.75, 3.05) is 14.2 Å². The lowest BCUT2D eigenvalue weighted by molar-refractivity contribution is -0.178. The van der Waals surface area contributed by atoms with Gasteiger partial charge in [-0.25, -0.2) is 9.86 Å². The first kappa shape index (κ1) is 15.7. The second kappa shape index (κ2) is 6.44. The molecule has 6 heteroatoms. The summed E-state index contributed by atoms with van der Waals surface area (Å²) >= 11 is 0. The molecular weight excluding hydrogens is 224 g/mol. The number of hydrogen-bond donors (Lipinski definition) is 1. The van der Waals surface area contributed by atoms with Crippen molar-refractivity contribution < 1.29 is 19.2 Å². The van der Waals surface area contributed by atoms with E-state index in [1.807, 2.05) is 20.8 Å². The van der Waals surface area contributed by atoms with E-state index in [2.05, 4.69) is 5.32 Å². The van der Waals surface area contributed by atoms with Gasteiger partial charge in [-0.3, -0.25) is 9.63 Å². The molecule has 17 heavy (non-hydrogen) atoms. The fraction of sp³-hybridized carbons (Fsp3) is 0.818. The molecule has 0 rings (SSSR count). The van der Waals surface area contributed by atoms with E-state index in [1.165, 1.54) is 14.2 Å². The van der Waals surface area contributed by atoms with Crippen molar-refractivity contribution in [1.82, 2.24) is 10.4 Å². The lowest BCUT2D eigenvalue weighted by Gasteiger charge is -2.24. The zero-order chi connectivity index (χ0) is 13.6. The van der Waals surface area contributed by atoms with E-state index in [0.717, 1.165) is 5.06 Å². The lowest BCUT2D eigenvalue weighted by atomic mass is 10.1. The summed E-state index contributed by atoms with van der Waals surface area (Å²) < 4.78 is 5.04. The Morgan fingerprint density at radius 1 is 1.35 bits per heavy atom. The van der Waals surface area contributed by atoms with Crippen LogP contribution in [0.15, 0.2) is 0 Å². The molecule has 6 nitrogen and oxygen atoms in total. The number of likely N-dealkylation sites (N-methyl/N-ethyl adjacent to an activating group) is 1. The Labute approximate surface area is 102 Å². The molecule has 0 aliphatic carbocycles. The Bertz CT molecular complexity index is 273. The first-order valence-corrected chi connectivity index (χ1v) is 5.51. The van der Waals surface area contributed by atoms with E-state index in [4.69, 9.17) is 9.57 Å². The standard InChI is InChI=1S/C11H22N2O4/c1-7-8(9(14)13(5)16-6)17-10(15)12-11(2,3)4/h8H,7H2,1-6H3,(H,12,15)/t8-/m1/s1. The number of amides is 2. The number of nitrogens with one attached hydrogen (secondary N) is 1. The smallest absolute Gasteiger partial charge is 0.408 e. The third kappa shape index (κ3) is 6.11. The van der Waals surface area contributed by atoms with E-state index >= 15 is 0 Å². The summed E-state index contributed by atoms with van der Waals surface area (Å²) in [6, 6.07) is 0. The molecule has 2 amide bonds. The SMILES string of the molecule is CC[C@@H](OC(=O)NC(C)(C)C)C(=O)N(C)OC. The van der Waals surface area contributed by atoms with Crippen LogP contribution in [0.3, 0.4) is 0 Å². The molecule has 1 N–H and O–H groups in total. The second-order valence-electron chi connectivity index (χ2n) is 4.70. The minimum absolute atomic E-state index is 0.390. The molecule has 0 heterocycles. The first-order valence-electron chi connectivity index (χ1n) is 5.51. The molecule has 0 radical (unpaired) electrons. The van der Waals surface area contributed by atoms with Crippen LogP contribution >= 0.6 is 0 Å². The number of hydrogen-bond acceptors (Lipinski definition) is 4. The maximum atomic E-state index is 11.7. The quantitative estimate of drug-likeness (QED) is 0.759. The van der Waals surface area contributed by atoms with Gasteiger partial charge in [0.1, 0.15) is 0 Å². The molecule has 0 aromatic rings. The molecule has 0 aromatic carbocycles. The van der Waals surface area contributed by atoms with Crippen LogP contribution in [0.5, 0.6) is 0 Å². The number of hydroxylamine groups is 2. The Balaban J connectivity index is 4.41. The summed E-state index contributed by atoms with van der Waals surface area (Å²) in [6.45, 7) is 7.26. The molecule has 0 saturated carbocycles. The second-order valence-corrected chi connectivity index (χ2v) is 4.70. The summed E-state index contributed by atoms with van der Waals surface area (Å²) in [6.07, 6.45) is -1.05. The number of nitrogens with zero attached hydrogens (tertiary/aromatic N) is 1. The van der Waals surface area contributed by atoms with E-state index in [0.29, 0.717) is 6.42 Å². The predicted octanol–water partition coefficient (Wildman–Crippen LogP) is 1.31. The van der Waals surface area contributed by atoms with Crippen LogP contribution in [-0.2, 0) is 14.4 Å². The summed E-state index contributed by atoms with van der Waals surface area (Å²) in [5, 5.41) is 3.66. The minimum Gasteiger partial charge on any atom is -0.436 e. The number of carbonyl (C=O) groups is 2. The van der Waals surface area contributed by atoms with E-state index < -0.39 is 17.7 Å². The number of carbonyl (C=O) groups excluding carboxylic acids is 2. The van der Waals surface area contributed by atoms with Gasteiger partial charge in [-0.15, -0.1) is 0 Å². The largest absolute Gasteiger partial charge is 0.436 e. The van der Waals surface area contributed by atoms with Crippen LogP contribution in [0.4, 0.5) is 4.79 Å². The lowest BCUT2D eigenvalue weighted by Crippen LogP contribution is -2.45. The van der Waals surface area contributed by atoms with Crippen LogP contribution in [0.1, 0.15) is 34.1 Å². The van der Waals surface area contributed by atoms with Gasteiger partial charge in [0.2, 0.25) is 0 Å². The maximum Gasteiger partial charge on any atom is 0.408 e. The third-order valence-electron chi connectivity index (χ3n) is 1.96. The van der Waals surface area contributed by atoms with Gasteiger partial charge in [-0.05, 0) is 27.2 Å². The highest BCUT2D eigenvalue weighted by atomic mass is 16.7. The topological polar surface area (TPSA) is 67.9 Å². The van der Waals surface area contributed by atoms with Gasteiger partial charge in [0.15, 0.2) is 6.10 Å². The Morgan fingerprint density at radius 3 is 2.24 bits per heavy atom. The molecule has 1 atom stereocenters. The summed E-state index contributed by atoms with van der Waals surface area (Å²) in [5.41, 5.74) is -0.397. The predicted molar refractivity (Wildman–Crippen MR) is 63.2 cm³/mol. The molecule has 0 aliphatic heterocycles. The fourth-order valence-electron chi connectivity index (χ4n) is 1.07. The molecule has 0 aliphatic rings. The zero-order valence-corrected chi connectivity index (χ0v) is 11.4. The number of ether oxygens (including phenoxy) is 1. The van der Waals surface area contributed by atoms with Crippen LogP contribution < -0.4 is 5.32 Å². The summed E-state index contributed by atoms with van der Waals surface area (Å²) in [5.74, 6) is -0.390. The van der Waals surface area contributed by atoms with Crippen molar-refractivity contribution in [2.24, 2.45) is 0 Å². The van der Waals surface area contributed by atoms with Crippen LogP contribution in [0, 0.1) is 0 Å². The van der Waals surface area contributed by atoms with Gasteiger partial charge in [0.25, 0.3) is 5.91 Å². The minimum atomic E-state index is -0.831. The average Bonchev–Trinajstić information content (AvgIpc) is 2.21. The molecule has 100 valence electrons. The first-order chi connectivity index (χ1) is 7.71. The van der Waals surface area contributed by atoms with Crippen molar-refractivity contribution in [3.63, 3.8) is 0 Å². The Kier molecular flexibility index (Phi) is 5.95. The van der Waals surface area contributed by atoms with E-state index in [-0.39, 0.29) is 5.91 Å². The Morgan fingerprint density at radius 2 is 1.88 bits per heavy atom. The molecule has 0 fully saturated rings. The van der Waals surface area contributed by atoms with Crippen molar-refractivity contribution in [1.29, 1.82) is 0 Å². The van der Waals surface area contributed by atoms with Crippen LogP contribution in [0.2, 0.25) is 0 Å². The maximum absolute atomic E-state index is 11.7. The molecular formula is C11H22N2O4. The van der Waals surface area contributed by atoms with Gasteiger partial charge in [0, 0.05) is 12.6 Å². The van der Waals surface area contributed by atoms with Gasteiger partial charge in [-0.1, -0.05) is 6.92 Å². The highest BCUT2D eigenvalue weighted by molar-refractivity contribution is 5.82. The van der Waals surface area contributed by atoms with Crippen molar-refractivity contribution in [3.05, 3.63) is 0 Å².